The van der Waals surface area contributed by atoms with Crippen molar-refractivity contribution in [1.29, 1.82) is 10.5 Å². The Morgan fingerprint density at radius 2 is 1.39 bits per heavy atom. The number of hydrogen-bond donors (Lipinski definition) is 0. The predicted molar refractivity (Wildman–Crippen MR) is 85.7 cm³/mol. The third-order valence-corrected chi connectivity index (χ3v) is 3.60. The molecular formula is C19H14N2O2. The largest absolute Gasteiger partial charge is 0.346 e. The van der Waals surface area contributed by atoms with Crippen LogP contribution in [0.3, 0.4) is 0 Å². The Morgan fingerprint density at radius 3 is 1.91 bits per heavy atom. The van der Waals surface area contributed by atoms with Crippen molar-refractivity contribution in [1.82, 2.24) is 0 Å². The van der Waals surface area contributed by atoms with Crippen molar-refractivity contribution < 1.29 is 9.47 Å². The van der Waals surface area contributed by atoms with Crippen molar-refractivity contribution in [3.8, 4) is 23.3 Å². The summed E-state index contributed by atoms with van der Waals surface area (Å²) in [7, 11) is 0. The Hall–Kier alpha value is -2.92. The van der Waals surface area contributed by atoms with E-state index in [9.17, 15) is 0 Å². The van der Waals surface area contributed by atoms with Crippen LogP contribution in [0.15, 0.2) is 54.1 Å². The van der Waals surface area contributed by atoms with Crippen LogP contribution in [0.2, 0.25) is 0 Å². The lowest BCUT2D eigenvalue weighted by Crippen LogP contribution is -1.97. The maximum absolute atomic E-state index is 8.77. The minimum Gasteiger partial charge on any atom is -0.346 e. The van der Waals surface area contributed by atoms with Gasteiger partial charge in [-0.1, -0.05) is 48.5 Å². The fourth-order valence-electron chi connectivity index (χ4n) is 2.41. The highest BCUT2D eigenvalue weighted by molar-refractivity contribution is 5.68. The van der Waals surface area contributed by atoms with Gasteiger partial charge in [0.1, 0.15) is 17.7 Å². The van der Waals surface area contributed by atoms with E-state index in [1.807, 2.05) is 60.7 Å². The van der Waals surface area contributed by atoms with Crippen molar-refractivity contribution in [3.63, 3.8) is 0 Å². The van der Waals surface area contributed by atoms with E-state index in [2.05, 4.69) is 0 Å². The lowest BCUT2D eigenvalue weighted by atomic mass is 10.0. The monoisotopic (exact) mass is 302 g/mol. The molecule has 1 aliphatic rings. The summed E-state index contributed by atoms with van der Waals surface area (Å²) in [6, 6.07) is 19.5. The molecule has 0 aromatic heterocycles. The summed E-state index contributed by atoms with van der Waals surface area (Å²) in [5.41, 5.74) is 4.09. The molecule has 3 rings (SSSR count). The van der Waals surface area contributed by atoms with Gasteiger partial charge in [-0.25, -0.2) is 0 Å². The standard InChI is InChI=1S/C19H14N2O2/c20-12-15(13-21)11-14-1-3-16(4-2-14)17-5-7-18(8-6-17)19-22-9-10-23-19/h1-8,11,19H,9-10H2. The molecule has 1 fully saturated rings. The van der Waals surface area contributed by atoms with Gasteiger partial charge in [-0.15, -0.1) is 0 Å². The van der Waals surface area contributed by atoms with Crippen LogP contribution in [0, 0.1) is 22.7 Å². The summed E-state index contributed by atoms with van der Waals surface area (Å²) >= 11 is 0. The van der Waals surface area contributed by atoms with E-state index in [4.69, 9.17) is 20.0 Å². The summed E-state index contributed by atoms with van der Waals surface area (Å²) in [6.07, 6.45) is 1.31. The van der Waals surface area contributed by atoms with Crippen molar-refractivity contribution in [2.24, 2.45) is 0 Å². The predicted octanol–water partition coefficient (Wildman–Crippen LogP) is 3.83. The molecule has 4 heteroatoms. The molecule has 2 aromatic rings. The van der Waals surface area contributed by atoms with E-state index < -0.39 is 0 Å². The van der Waals surface area contributed by atoms with Crippen LogP contribution in [-0.4, -0.2) is 13.2 Å². The lowest BCUT2D eigenvalue weighted by molar-refractivity contribution is -0.0441. The summed E-state index contributed by atoms with van der Waals surface area (Å²) in [5, 5.41) is 17.5. The normalized spacial score (nSPS) is 14.0. The molecule has 1 heterocycles. The van der Waals surface area contributed by atoms with Crippen LogP contribution >= 0.6 is 0 Å². The molecule has 4 nitrogen and oxygen atoms in total. The van der Waals surface area contributed by atoms with Crippen LogP contribution < -0.4 is 0 Å². The Bertz CT molecular complexity index is 771. The Kier molecular flexibility index (Phi) is 4.49. The van der Waals surface area contributed by atoms with E-state index in [-0.39, 0.29) is 11.9 Å². The number of benzene rings is 2. The molecule has 0 unspecified atom stereocenters. The average molecular weight is 302 g/mol. The number of rotatable bonds is 3. The van der Waals surface area contributed by atoms with Crippen molar-refractivity contribution in [2.45, 2.75) is 6.29 Å². The highest BCUT2D eigenvalue weighted by atomic mass is 16.7. The number of allylic oxidation sites excluding steroid dienone is 1. The van der Waals surface area contributed by atoms with Gasteiger partial charge in [0.15, 0.2) is 6.29 Å². The molecular weight excluding hydrogens is 288 g/mol. The van der Waals surface area contributed by atoms with E-state index in [1.54, 1.807) is 6.08 Å². The Morgan fingerprint density at radius 1 is 0.870 bits per heavy atom. The molecule has 23 heavy (non-hydrogen) atoms. The molecule has 0 aliphatic carbocycles. The first-order valence-corrected chi connectivity index (χ1v) is 7.25. The minimum absolute atomic E-state index is 0.0960. The van der Waals surface area contributed by atoms with Crippen LogP contribution in [0.5, 0.6) is 0 Å². The SMILES string of the molecule is N#CC(C#N)=Cc1ccc(-c2ccc(C3OCCO3)cc2)cc1. The van der Waals surface area contributed by atoms with E-state index in [0.717, 1.165) is 22.3 Å². The molecule has 0 atom stereocenters. The third kappa shape index (κ3) is 3.46. The maximum atomic E-state index is 8.77. The zero-order chi connectivity index (χ0) is 16.1. The Balaban J connectivity index is 1.78. The number of nitriles is 2. The molecule has 0 N–H and O–H groups in total. The van der Waals surface area contributed by atoms with Crippen LogP contribution in [0.25, 0.3) is 17.2 Å². The van der Waals surface area contributed by atoms with Gasteiger partial charge in [-0.05, 0) is 22.8 Å². The van der Waals surface area contributed by atoms with Gasteiger partial charge in [-0.3, -0.25) is 0 Å². The molecule has 1 aliphatic heterocycles. The highest BCUT2D eigenvalue weighted by Gasteiger charge is 2.17. The summed E-state index contributed by atoms with van der Waals surface area (Å²) in [6.45, 7) is 1.27. The van der Waals surface area contributed by atoms with Crippen molar-refractivity contribution in [2.75, 3.05) is 13.2 Å². The Labute approximate surface area is 134 Å². The smallest absolute Gasteiger partial charge is 0.184 e. The fraction of sp³-hybridized carbons (Fsp3) is 0.158. The minimum atomic E-state index is -0.257. The topological polar surface area (TPSA) is 66.0 Å². The van der Waals surface area contributed by atoms with Gasteiger partial charge in [0.2, 0.25) is 0 Å². The second-order valence-corrected chi connectivity index (χ2v) is 5.10. The molecule has 2 aromatic carbocycles. The van der Waals surface area contributed by atoms with Crippen LogP contribution in [0.4, 0.5) is 0 Å². The lowest BCUT2D eigenvalue weighted by Gasteiger charge is -2.10. The van der Waals surface area contributed by atoms with E-state index in [0.29, 0.717) is 13.2 Å². The first-order valence-electron chi connectivity index (χ1n) is 7.25. The zero-order valence-corrected chi connectivity index (χ0v) is 12.4. The maximum Gasteiger partial charge on any atom is 0.184 e. The number of hydrogen-bond acceptors (Lipinski definition) is 4. The van der Waals surface area contributed by atoms with Gasteiger partial charge in [0.25, 0.3) is 0 Å². The molecule has 0 amide bonds. The molecule has 0 radical (unpaired) electrons. The molecule has 112 valence electrons. The van der Waals surface area contributed by atoms with Crippen LogP contribution in [-0.2, 0) is 9.47 Å². The van der Waals surface area contributed by atoms with Gasteiger partial charge < -0.3 is 9.47 Å². The van der Waals surface area contributed by atoms with E-state index >= 15 is 0 Å². The molecule has 1 saturated heterocycles. The molecule has 0 spiro atoms. The summed E-state index contributed by atoms with van der Waals surface area (Å²) < 4.78 is 11.0. The van der Waals surface area contributed by atoms with Gasteiger partial charge >= 0.3 is 0 Å². The zero-order valence-electron chi connectivity index (χ0n) is 12.4. The number of nitrogens with zero attached hydrogens (tertiary/aromatic N) is 2. The fourth-order valence-corrected chi connectivity index (χ4v) is 2.41. The number of ether oxygens (including phenoxy) is 2. The first kappa shape index (κ1) is 15.0. The van der Waals surface area contributed by atoms with Crippen molar-refractivity contribution in [3.05, 3.63) is 65.2 Å². The van der Waals surface area contributed by atoms with Gasteiger partial charge in [0.05, 0.1) is 13.2 Å². The van der Waals surface area contributed by atoms with E-state index in [1.165, 1.54) is 0 Å². The quantitative estimate of drug-likeness (QED) is 0.808. The van der Waals surface area contributed by atoms with Gasteiger partial charge in [0, 0.05) is 5.56 Å². The second-order valence-electron chi connectivity index (χ2n) is 5.10. The average Bonchev–Trinajstić information content (AvgIpc) is 3.15. The van der Waals surface area contributed by atoms with Crippen molar-refractivity contribution >= 4 is 6.08 Å². The molecule has 0 saturated carbocycles. The summed E-state index contributed by atoms with van der Waals surface area (Å²) in [5.74, 6) is 0. The highest BCUT2D eigenvalue weighted by Crippen LogP contribution is 2.26. The molecule has 0 bridgehead atoms. The van der Waals surface area contributed by atoms with Gasteiger partial charge in [-0.2, -0.15) is 10.5 Å². The second kappa shape index (κ2) is 6.89. The van der Waals surface area contributed by atoms with Crippen LogP contribution in [0.1, 0.15) is 17.4 Å². The third-order valence-electron chi connectivity index (χ3n) is 3.60. The first-order chi connectivity index (χ1) is 11.3. The summed E-state index contributed by atoms with van der Waals surface area (Å²) in [4.78, 5) is 0.